The molecule has 0 aliphatic carbocycles. The largest absolute Gasteiger partial charge is 0.344 e. The van der Waals surface area contributed by atoms with E-state index in [2.05, 4.69) is 24.4 Å². The summed E-state index contributed by atoms with van der Waals surface area (Å²) in [6, 6.07) is 2.12. The number of hydrogen-bond acceptors (Lipinski definition) is 3. The summed E-state index contributed by atoms with van der Waals surface area (Å²) in [5.41, 5.74) is 2.36. The molecule has 1 aliphatic rings. The molecule has 2 unspecified atom stereocenters. The lowest BCUT2D eigenvalue weighted by molar-refractivity contribution is -0.119. The van der Waals surface area contributed by atoms with Crippen molar-refractivity contribution in [3.8, 4) is 0 Å². The van der Waals surface area contributed by atoms with E-state index in [0.29, 0.717) is 12.5 Å². The van der Waals surface area contributed by atoms with Gasteiger partial charge in [0.05, 0.1) is 18.6 Å². The van der Waals surface area contributed by atoms with Crippen molar-refractivity contribution >= 4 is 29.0 Å². The van der Waals surface area contributed by atoms with Gasteiger partial charge in [-0.2, -0.15) is 0 Å². The Morgan fingerprint density at radius 2 is 2.47 bits per heavy atom. The SMILES string of the molecule is C/C(=C\c1sccc1C)C1(C)OCC(CCl)O1. The summed E-state index contributed by atoms with van der Waals surface area (Å²) >= 11 is 7.51. The van der Waals surface area contributed by atoms with Crippen molar-refractivity contribution < 1.29 is 9.47 Å². The maximum atomic E-state index is 5.83. The highest BCUT2D eigenvalue weighted by molar-refractivity contribution is 7.11. The van der Waals surface area contributed by atoms with Gasteiger partial charge in [0.25, 0.3) is 0 Å². The predicted octanol–water partition coefficient (Wildman–Crippen LogP) is 3.83. The van der Waals surface area contributed by atoms with Crippen molar-refractivity contribution in [3.05, 3.63) is 27.5 Å². The van der Waals surface area contributed by atoms with E-state index in [1.165, 1.54) is 10.4 Å². The van der Waals surface area contributed by atoms with E-state index < -0.39 is 5.79 Å². The van der Waals surface area contributed by atoms with Crippen LogP contribution in [0.5, 0.6) is 0 Å². The molecule has 1 fully saturated rings. The second-order valence-corrected chi connectivity index (χ2v) is 5.70. The van der Waals surface area contributed by atoms with E-state index in [0.717, 1.165) is 5.57 Å². The van der Waals surface area contributed by atoms with Crippen LogP contribution in [0.1, 0.15) is 24.3 Å². The first-order valence-electron chi connectivity index (χ1n) is 5.66. The molecule has 17 heavy (non-hydrogen) atoms. The average Bonchev–Trinajstić information content (AvgIpc) is 2.87. The van der Waals surface area contributed by atoms with Crippen LogP contribution >= 0.6 is 22.9 Å². The third-order valence-corrected chi connectivity index (χ3v) is 4.38. The van der Waals surface area contributed by atoms with Crippen LogP contribution in [0.3, 0.4) is 0 Å². The van der Waals surface area contributed by atoms with E-state index in [1.54, 1.807) is 11.3 Å². The maximum Gasteiger partial charge on any atom is 0.188 e. The molecule has 0 amide bonds. The average molecular weight is 273 g/mol. The second-order valence-electron chi connectivity index (χ2n) is 4.45. The molecule has 2 rings (SSSR count). The first-order valence-corrected chi connectivity index (χ1v) is 7.07. The number of aryl methyl sites for hydroxylation is 1. The van der Waals surface area contributed by atoms with Gasteiger partial charge < -0.3 is 9.47 Å². The molecule has 1 aliphatic heterocycles. The Kier molecular flexibility index (Phi) is 3.93. The fourth-order valence-electron chi connectivity index (χ4n) is 1.78. The van der Waals surface area contributed by atoms with Gasteiger partial charge >= 0.3 is 0 Å². The zero-order valence-electron chi connectivity index (χ0n) is 10.3. The minimum Gasteiger partial charge on any atom is -0.344 e. The fraction of sp³-hybridized carbons (Fsp3) is 0.538. The van der Waals surface area contributed by atoms with Crippen LogP contribution in [0.2, 0.25) is 0 Å². The predicted molar refractivity (Wildman–Crippen MR) is 72.7 cm³/mol. The van der Waals surface area contributed by atoms with Gasteiger partial charge in [0.1, 0.15) is 0 Å². The molecule has 1 aromatic rings. The monoisotopic (exact) mass is 272 g/mol. The first kappa shape index (κ1) is 13.1. The Morgan fingerprint density at radius 1 is 1.71 bits per heavy atom. The van der Waals surface area contributed by atoms with E-state index in [1.807, 2.05) is 13.8 Å². The van der Waals surface area contributed by atoms with Crippen LogP contribution in [0.25, 0.3) is 6.08 Å². The summed E-state index contributed by atoms with van der Waals surface area (Å²) in [5.74, 6) is -0.156. The van der Waals surface area contributed by atoms with Crippen molar-refractivity contribution in [2.24, 2.45) is 0 Å². The van der Waals surface area contributed by atoms with Crippen LogP contribution in [0.4, 0.5) is 0 Å². The van der Waals surface area contributed by atoms with Gasteiger partial charge in [0, 0.05) is 4.88 Å². The molecular weight excluding hydrogens is 256 g/mol. The van der Waals surface area contributed by atoms with E-state index in [9.17, 15) is 0 Å². The zero-order valence-corrected chi connectivity index (χ0v) is 11.9. The highest BCUT2D eigenvalue weighted by Crippen LogP contribution is 2.33. The van der Waals surface area contributed by atoms with Crippen molar-refractivity contribution in [2.75, 3.05) is 12.5 Å². The summed E-state index contributed by atoms with van der Waals surface area (Å²) in [5, 5.41) is 2.09. The van der Waals surface area contributed by atoms with Gasteiger partial charge in [-0.05, 0) is 49.4 Å². The molecule has 2 heterocycles. The molecule has 4 heteroatoms. The summed E-state index contributed by atoms with van der Waals surface area (Å²) in [6.45, 7) is 6.66. The lowest BCUT2D eigenvalue weighted by Crippen LogP contribution is -2.28. The van der Waals surface area contributed by atoms with Crippen molar-refractivity contribution in [1.82, 2.24) is 0 Å². The Morgan fingerprint density at radius 3 is 3.00 bits per heavy atom. The summed E-state index contributed by atoms with van der Waals surface area (Å²) in [6.07, 6.45) is 2.13. The number of rotatable bonds is 3. The lowest BCUT2D eigenvalue weighted by atomic mass is 10.1. The molecule has 0 aromatic carbocycles. The van der Waals surface area contributed by atoms with Gasteiger partial charge in [-0.1, -0.05) is 0 Å². The summed E-state index contributed by atoms with van der Waals surface area (Å²) < 4.78 is 11.6. The number of thiophene rings is 1. The maximum absolute atomic E-state index is 5.83. The Balaban J connectivity index is 2.17. The highest BCUT2D eigenvalue weighted by atomic mass is 35.5. The third-order valence-electron chi connectivity index (χ3n) is 3.07. The summed E-state index contributed by atoms with van der Waals surface area (Å²) in [4.78, 5) is 1.25. The van der Waals surface area contributed by atoms with Crippen molar-refractivity contribution in [3.63, 3.8) is 0 Å². The topological polar surface area (TPSA) is 18.5 Å². The van der Waals surface area contributed by atoms with Gasteiger partial charge in [-0.15, -0.1) is 22.9 Å². The minimum atomic E-state index is -0.629. The van der Waals surface area contributed by atoms with Gasteiger partial charge in [0.15, 0.2) is 5.79 Å². The number of alkyl halides is 1. The standard InChI is InChI=1S/C13H17ClO2S/c1-9-4-5-17-12(9)6-10(2)13(3)15-8-11(7-14)16-13/h4-6,11H,7-8H2,1-3H3/b10-6+. The zero-order chi connectivity index (χ0) is 12.5. The molecule has 0 N–H and O–H groups in total. The fourth-order valence-corrected chi connectivity index (χ4v) is 2.85. The molecule has 94 valence electrons. The quantitative estimate of drug-likeness (QED) is 0.779. The van der Waals surface area contributed by atoms with Crippen LogP contribution in [0, 0.1) is 6.92 Å². The summed E-state index contributed by atoms with van der Waals surface area (Å²) in [7, 11) is 0. The Bertz CT molecular complexity index is 427. The van der Waals surface area contributed by atoms with Crippen molar-refractivity contribution in [1.29, 1.82) is 0 Å². The van der Waals surface area contributed by atoms with E-state index in [-0.39, 0.29) is 6.10 Å². The molecule has 0 spiro atoms. The van der Waals surface area contributed by atoms with Gasteiger partial charge in [-0.25, -0.2) is 0 Å². The minimum absolute atomic E-state index is 0.00514. The number of halogens is 1. The van der Waals surface area contributed by atoms with Crippen molar-refractivity contribution in [2.45, 2.75) is 32.7 Å². The smallest absolute Gasteiger partial charge is 0.188 e. The molecular formula is C13H17ClO2S. The lowest BCUT2D eigenvalue weighted by Gasteiger charge is -2.24. The molecule has 1 aromatic heterocycles. The van der Waals surface area contributed by atoms with Crippen LogP contribution in [-0.2, 0) is 9.47 Å². The number of hydrogen-bond donors (Lipinski definition) is 0. The first-order chi connectivity index (χ1) is 8.05. The van der Waals surface area contributed by atoms with E-state index in [4.69, 9.17) is 21.1 Å². The second kappa shape index (κ2) is 5.11. The van der Waals surface area contributed by atoms with Crippen LogP contribution in [0.15, 0.2) is 17.0 Å². The molecule has 1 saturated heterocycles. The molecule has 0 radical (unpaired) electrons. The normalized spacial score (nSPS) is 29.9. The molecule has 0 saturated carbocycles. The van der Waals surface area contributed by atoms with Crippen LogP contribution < -0.4 is 0 Å². The highest BCUT2D eigenvalue weighted by Gasteiger charge is 2.38. The molecule has 0 bridgehead atoms. The molecule has 2 atom stereocenters. The number of ether oxygens (including phenoxy) is 2. The molecule has 2 nitrogen and oxygen atoms in total. The Labute approximate surface area is 111 Å². The van der Waals surface area contributed by atoms with Gasteiger partial charge in [0.2, 0.25) is 0 Å². The van der Waals surface area contributed by atoms with Gasteiger partial charge in [-0.3, -0.25) is 0 Å². The Hall–Kier alpha value is -0.350. The third kappa shape index (κ3) is 2.74. The van der Waals surface area contributed by atoms with Crippen LogP contribution in [-0.4, -0.2) is 24.4 Å². The van der Waals surface area contributed by atoms with E-state index >= 15 is 0 Å².